The molecule has 0 saturated heterocycles. The molecular weight excluding hydrogens is 290 g/mol. The Bertz CT molecular complexity index is 452. The number of nitrogens with zero attached hydrogens (tertiary/aromatic N) is 2. The largest absolute Gasteiger partial charge is 0.390 e. The Balaban J connectivity index is 2.58. The third-order valence-electron chi connectivity index (χ3n) is 1.85. The van der Waals surface area contributed by atoms with E-state index in [0.29, 0.717) is 10.2 Å². The number of pyridine rings is 1. The van der Waals surface area contributed by atoms with Gasteiger partial charge in [-0.2, -0.15) is 0 Å². The van der Waals surface area contributed by atoms with Crippen molar-refractivity contribution in [1.82, 2.24) is 4.98 Å². The number of hydrogen-bond acceptors (Lipinski definition) is 6. The summed E-state index contributed by atoms with van der Waals surface area (Å²) in [5.41, 5.74) is 0.562. The summed E-state index contributed by atoms with van der Waals surface area (Å²) in [6.45, 7) is 0. The second-order valence-corrected chi connectivity index (χ2v) is 5.61. The summed E-state index contributed by atoms with van der Waals surface area (Å²) in [5, 5.41) is 10.7. The van der Waals surface area contributed by atoms with Crippen molar-refractivity contribution in [1.29, 1.82) is 0 Å². The molecule has 7 nitrogen and oxygen atoms in total. The standard InChI is InChI=1S/C6H6BrN3O4S/c7-4-1-3-2-15(13,14)9-5(3)6(8-4)10(11)12/h1,9,13-14H,2H2. The van der Waals surface area contributed by atoms with Crippen molar-refractivity contribution in [2.45, 2.75) is 5.75 Å². The lowest BCUT2D eigenvalue weighted by atomic mass is 10.2. The summed E-state index contributed by atoms with van der Waals surface area (Å²) >= 11 is 3.02. The molecule has 82 valence electrons. The average Bonchev–Trinajstić information content (AvgIpc) is 2.36. The van der Waals surface area contributed by atoms with Crippen LogP contribution in [-0.2, 0) is 5.75 Å². The monoisotopic (exact) mass is 295 g/mol. The Morgan fingerprint density at radius 2 is 2.33 bits per heavy atom. The van der Waals surface area contributed by atoms with Gasteiger partial charge in [0.25, 0.3) is 0 Å². The molecule has 0 saturated carbocycles. The third kappa shape index (κ3) is 1.91. The fourth-order valence-electron chi connectivity index (χ4n) is 1.32. The lowest BCUT2D eigenvalue weighted by molar-refractivity contribution is -0.388. The van der Waals surface area contributed by atoms with Crippen LogP contribution in [0.5, 0.6) is 0 Å². The van der Waals surface area contributed by atoms with Gasteiger partial charge < -0.3 is 10.1 Å². The molecule has 3 N–H and O–H groups in total. The van der Waals surface area contributed by atoms with Gasteiger partial charge in [0.1, 0.15) is 0 Å². The molecule has 0 unspecified atom stereocenters. The van der Waals surface area contributed by atoms with Gasteiger partial charge in [-0.3, -0.25) is 13.8 Å². The summed E-state index contributed by atoms with van der Waals surface area (Å²) < 4.78 is 21.4. The molecule has 2 rings (SSSR count). The average molecular weight is 296 g/mol. The number of anilines is 1. The normalized spacial score (nSPS) is 19.1. The Morgan fingerprint density at radius 1 is 1.67 bits per heavy atom. The van der Waals surface area contributed by atoms with Gasteiger partial charge in [0, 0.05) is 27.6 Å². The van der Waals surface area contributed by atoms with Crippen LogP contribution in [0.15, 0.2) is 10.7 Å². The first-order valence-corrected chi connectivity index (χ1v) is 6.27. The topological polar surface area (TPSA) is 109 Å². The number of fused-ring (bicyclic) bond motifs is 1. The summed E-state index contributed by atoms with van der Waals surface area (Å²) in [5.74, 6) is -0.443. The van der Waals surface area contributed by atoms with Crippen LogP contribution in [0.4, 0.5) is 11.5 Å². The fraction of sp³-hybridized carbons (Fsp3) is 0.167. The van der Waals surface area contributed by atoms with Gasteiger partial charge in [-0.05, 0) is 9.91 Å². The van der Waals surface area contributed by atoms with Crippen LogP contribution in [0.3, 0.4) is 0 Å². The van der Waals surface area contributed by atoms with Gasteiger partial charge in [0.05, 0.1) is 5.75 Å². The number of nitrogens with one attached hydrogen (secondary N) is 1. The predicted octanol–water partition coefficient (Wildman–Crippen LogP) is 2.34. The summed E-state index contributed by atoms with van der Waals surface area (Å²) in [6, 6.07) is 1.52. The van der Waals surface area contributed by atoms with Crippen molar-refractivity contribution >= 4 is 38.2 Å². The van der Waals surface area contributed by atoms with Crippen LogP contribution in [-0.4, -0.2) is 19.0 Å². The van der Waals surface area contributed by atoms with Crippen LogP contribution in [0.25, 0.3) is 0 Å². The van der Waals surface area contributed by atoms with Crippen molar-refractivity contribution in [3.63, 3.8) is 0 Å². The van der Waals surface area contributed by atoms with E-state index in [-0.39, 0.29) is 11.4 Å². The van der Waals surface area contributed by atoms with Crippen LogP contribution >= 0.6 is 26.7 Å². The number of hydrogen-bond donors (Lipinski definition) is 3. The molecular formula is C6H6BrN3O4S. The van der Waals surface area contributed by atoms with Crippen molar-refractivity contribution in [2.75, 3.05) is 4.72 Å². The fourth-order valence-corrected chi connectivity index (χ4v) is 3.05. The summed E-state index contributed by atoms with van der Waals surface area (Å²) in [6.07, 6.45) is 0. The van der Waals surface area contributed by atoms with Crippen LogP contribution in [0, 0.1) is 10.1 Å². The summed E-state index contributed by atoms with van der Waals surface area (Å²) in [7, 11) is -2.99. The Morgan fingerprint density at radius 3 is 2.93 bits per heavy atom. The molecule has 0 fully saturated rings. The molecule has 1 aromatic rings. The Hall–Kier alpha value is -0.900. The van der Waals surface area contributed by atoms with Gasteiger partial charge in [0.2, 0.25) is 4.60 Å². The lowest BCUT2D eigenvalue weighted by Gasteiger charge is -2.25. The molecule has 0 aliphatic carbocycles. The van der Waals surface area contributed by atoms with Crippen LogP contribution in [0.2, 0.25) is 0 Å². The maximum atomic E-state index is 10.7. The van der Waals surface area contributed by atoms with Crippen molar-refractivity contribution in [2.24, 2.45) is 0 Å². The molecule has 0 spiro atoms. The van der Waals surface area contributed by atoms with Gasteiger partial charge in [-0.1, -0.05) is 0 Å². The van der Waals surface area contributed by atoms with Gasteiger partial charge in [0.15, 0.2) is 5.69 Å². The van der Waals surface area contributed by atoms with Gasteiger partial charge in [-0.15, -0.1) is 10.8 Å². The molecule has 0 radical (unpaired) electrons. The second-order valence-electron chi connectivity index (χ2n) is 2.97. The van der Waals surface area contributed by atoms with Crippen molar-refractivity contribution in [3.8, 4) is 0 Å². The highest BCUT2D eigenvalue weighted by atomic mass is 79.9. The highest BCUT2D eigenvalue weighted by Crippen LogP contribution is 2.53. The first kappa shape index (κ1) is 10.6. The van der Waals surface area contributed by atoms with E-state index in [4.69, 9.17) is 0 Å². The Kier molecular flexibility index (Phi) is 2.34. The van der Waals surface area contributed by atoms with Crippen LogP contribution < -0.4 is 4.72 Å². The minimum absolute atomic E-state index is 0.0374. The molecule has 1 aliphatic heterocycles. The lowest BCUT2D eigenvalue weighted by Crippen LogP contribution is -2.04. The second kappa shape index (κ2) is 3.30. The molecule has 15 heavy (non-hydrogen) atoms. The highest BCUT2D eigenvalue weighted by molar-refractivity contribution is 9.10. The van der Waals surface area contributed by atoms with E-state index in [1.807, 2.05) is 0 Å². The number of aromatic nitrogens is 1. The molecule has 0 bridgehead atoms. The van der Waals surface area contributed by atoms with Gasteiger partial charge >= 0.3 is 5.82 Å². The van der Waals surface area contributed by atoms with E-state index in [1.54, 1.807) is 0 Å². The van der Waals surface area contributed by atoms with Gasteiger partial charge in [-0.25, -0.2) is 0 Å². The maximum absolute atomic E-state index is 10.7. The molecule has 1 aromatic heterocycles. The van der Waals surface area contributed by atoms with E-state index in [9.17, 15) is 19.2 Å². The van der Waals surface area contributed by atoms with E-state index in [0.717, 1.165) is 0 Å². The zero-order chi connectivity index (χ0) is 11.2. The Labute approximate surface area is 94.3 Å². The zero-order valence-corrected chi connectivity index (χ0v) is 9.58. The van der Waals surface area contributed by atoms with Crippen molar-refractivity contribution in [3.05, 3.63) is 26.3 Å². The molecule has 2 heterocycles. The van der Waals surface area contributed by atoms with E-state index >= 15 is 0 Å². The van der Waals surface area contributed by atoms with Crippen molar-refractivity contribution < 1.29 is 14.0 Å². The van der Waals surface area contributed by atoms with E-state index < -0.39 is 21.5 Å². The molecule has 0 aromatic carbocycles. The first-order valence-electron chi connectivity index (χ1n) is 3.76. The number of halogens is 1. The minimum atomic E-state index is -2.99. The number of nitro groups is 1. The maximum Gasteiger partial charge on any atom is 0.390 e. The number of rotatable bonds is 1. The first-order chi connectivity index (χ1) is 6.89. The third-order valence-corrected chi connectivity index (χ3v) is 3.50. The minimum Gasteiger partial charge on any atom is -0.358 e. The predicted molar refractivity (Wildman–Crippen MR) is 58.8 cm³/mol. The molecule has 0 atom stereocenters. The molecule has 9 heteroatoms. The smallest absolute Gasteiger partial charge is 0.358 e. The summed E-state index contributed by atoms with van der Waals surface area (Å²) in [4.78, 5) is 13.6. The van der Waals surface area contributed by atoms with Crippen LogP contribution in [0.1, 0.15) is 5.56 Å². The molecule has 1 aliphatic rings. The quantitative estimate of drug-likeness (QED) is 0.417. The highest BCUT2D eigenvalue weighted by Gasteiger charge is 2.33. The molecule has 0 amide bonds. The SMILES string of the molecule is O=[N+]([O-])c1nc(Br)cc2c1NS(O)(O)C2. The zero-order valence-electron chi connectivity index (χ0n) is 7.18. The van der Waals surface area contributed by atoms with E-state index in [2.05, 4.69) is 25.6 Å². The van der Waals surface area contributed by atoms with E-state index in [1.165, 1.54) is 6.07 Å².